The monoisotopic (exact) mass is 333 g/mol. The predicted molar refractivity (Wildman–Crippen MR) is 88.7 cm³/mol. The number of nitrogens with one attached hydrogen (secondary N) is 1. The average molecular weight is 333 g/mol. The Hall–Kier alpha value is -2.76. The van der Waals surface area contributed by atoms with Crippen molar-refractivity contribution in [3.63, 3.8) is 0 Å². The van der Waals surface area contributed by atoms with Gasteiger partial charge in [0.25, 0.3) is 0 Å². The summed E-state index contributed by atoms with van der Waals surface area (Å²) in [5, 5.41) is 22.6. The number of esters is 1. The third-order valence-corrected chi connectivity index (χ3v) is 3.14. The van der Waals surface area contributed by atoms with Gasteiger partial charge in [0.1, 0.15) is 28.5 Å². The van der Waals surface area contributed by atoms with Crippen LogP contribution in [0.5, 0.6) is 11.5 Å². The topological polar surface area (TPSA) is 78.8 Å². The zero-order chi connectivity index (χ0) is 17.9. The number of benzene rings is 2. The van der Waals surface area contributed by atoms with Gasteiger partial charge in [-0.1, -0.05) is 0 Å². The van der Waals surface area contributed by atoms with Crippen molar-refractivity contribution in [3.05, 3.63) is 53.3 Å². The van der Waals surface area contributed by atoms with Crippen molar-refractivity contribution in [2.75, 3.05) is 5.32 Å². The molecule has 2 aromatic rings. The Balaban J connectivity index is 2.09. The van der Waals surface area contributed by atoms with Crippen LogP contribution in [0.2, 0.25) is 0 Å². The van der Waals surface area contributed by atoms with Crippen molar-refractivity contribution in [1.82, 2.24) is 0 Å². The van der Waals surface area contributed by atoms with Crippen LogP contribution in [0.3, 0.4) is 0 Å². The van der Waals surface area contributed by atoms with Crippen LogP contribution in [-0.4, -0.2) is 21.8 Å². The molecule has 0 aliphatic carbocycles. The van der Waals surface area contributed by atoms with E-state index in [-0.39, 0.29) is 23.6 Å². The third-order valence-electron chi connectivity index (χ3n) is 3.14. The third kappa shape index (κ3) is 4.62. The van der Waals surface area contributed by atoms with Crippen LogP contribution in [0.25, 0.3) is 0 Å². The van der Waals surface area contributed by atoms with Crippen LogP contribution in [0.4, 0.5) is 10.1 Å². The molecule has 0 aromatic heterocycles. The highest BCUT2D eigenvalue weighted by molar-refractivity contribution is 5.93. The van der Waals surface area contributed by atoms with Crippen LogP contribution in [0.1, 0.15) is 36.7 Å². The van der Waals surface area contributed by atoms with Gasteiger partial charge in [0, 0.05) is 23.9 Å². The van der Waals surface area contributed by atoms with E-state index >= 15 is 0 Å². The number of phenolic OH excluding ortho intramolecular Hbond substituents is 2. The number of hydrogen-bond donors (Lipinski definition) is 3. The smallest absolute Gasteiger partial charge is 0.342 e. The molecule has 0 saturated carbocycles. The van der Waals surface area contributed by atoms with E-state index in [4.69, 9.17) is 4.74 Å². The number of aromatic hydroxyl groups is 2. The summed E-state index contributed by atoms with van der Waals surface area (Å²) in [7, 11) is 0. The first kappa shape index (κ1) is 17.6. The zero-order valence-corrected chi connectivity index (χ0v) is 13.8. The van der Waals surface area contributed by atoms with Crippen LogP contribution in [0, 0.1) is 5.82 Å². The lowest BCUT2D eigenvalue weighted by molar-refractivity contribution is 0.00668. The van der Waals surface area contributed by atoms with Crippen molar-refractivity contribution in [3.8, 4) is 11.5 Å². The number of carbonyl (C=O) groups excluding carboxylic acids is 1. The highest BCUT2D eigenvalue weighted by atomic mass is 19.1. The molecule has 0 bridgehead atoms. The molecule has 0 saturated heterocycles. The lowest BCUT2D eigenvalue weighted by Crippen LogP contribution is -2.23. The second-order valence-corrected chi connectivity index (χ2v) is 6.36. The maximum atomic E-state index is 13.2. The zero-order valence-electron chi connectivity index (χ0n) is 13.8. The number of halogens is 1. The van der Waals surface area contributed by atoms with Crippen molar-refractivity contribution in [2.45, 2.75) is 32.9 Å². The van der Waals surface area contributed by atoms with E-state index < -0.39 is 17.4 Å². The fourth-order valence-electron chi connectivity index (χ4n) is 2.04. The van der Waals surface area contributed by atoms with Gasteiger partial charge in [0.2, 0.25) is 0 Å². The molecule has 2 aromatic carbocycles. The van der Waals surface area contributed by atoms with Gasteiger partial charge in [0.05, 0.1) is 0 Å². The maximum absolute atomic E-state index is 13.2. The quantitative estimate of drug-likeness (QED) is 0.742. The fraction of sp³-hybridized carbons (Fsp3) is 0.278. The second kappa shape index (κ2) is 6.78. The van der Waals surface area contributed by atoms with Crippen molar-refractivity contribution >= 4 is 11.7 Å². The van der Waals surface area contributed by atoms with E-state index in [9.17, 15) is 19.4 Å². The molecule has 2 rings (SSSR count). The first-order valence-electron chi connectivity index (χ1n) is 7.43. The highest BCUT2D eigenvalue weighted by Crippen LogP contribution is 2.26. The molecule has 0 unspecified atom stereocenters. The van der Waals surface area contributed by atoms with Gasteiger partial charge < -0.3 is 20.3 Å². The van der Waals surface area contributed by atoms with Gasteiger partial charge in [-0.05, 0) is 51.1 Å². The number of hydrogen-bond acceptors (Lipinski definition) is 5. The van der Waals surface area contributed by atoms with Crippen molar-refractivity contribution in [1.29, 1.82) is 0 Å². The summed E-state index contributed by atoms with van der Waals surface area (Å²) in [5.74, 6) is -1.32. The molecule has 0 aliphatic heterocycles. The van der Waals surface area contributed by atoms with Crippen LogP contribution in [0.15, 0.2) is 36.4 Å². The summed E-state index contributed by atoms with van der Waals surface area (Å²) in [4.78, 5) is 12.0. The number of carbonyl (C=O) groups is 1. The fourth-order valence-corrected chi connectivity index (χ4v) is 2.04. The molecule has 0 aliphatic rings. The van der Waals surface area contributed by atoms with Gasteiger partial charge in [0.15, 0.2) is 0 Å². The standard InChI is InChI=1S/C18H20FNO4/c1-18(2,3)24-17(23)14-6-5-13(9-16(14)22)20-10-11-8-12(19)4-7-15(11)21/h4-9,20-22H,10H2,1-3H3. The number of ether oxygens (including phenoxy) is 1. The highest BCUT2D eigenvalue weighted by Gasteiger charge is 2.20. The van der Waals surface area contributed by atoms with E-state index in [2.05, 4.69) is 5.32 Å². The predicted octanol–water partition coefficient (Wildman–Crippen LogP) is 3.80. The van der Waals surface area contributed by atoms with Crippen LogP contribution in [-0.2, 0) is 11.3 Å². The van der Waals surface area contributed by atoms with Crippen LogP contribution < -0.4 is 5.32 Å². The molecular formula is C18H20FNO4. The molecule has 0 radical (unpaired) electrons. The lowest BCUT2D eigenvalue weighted by atomic mass is 10.1. The first-order valence-corrected chi connectivity index (χ1v) is 7.43. The molecule has 0 amide bonds. The van der Waals surface area contributed by atoms with E-state index in [0.29, 0.717) is 11.3 Å². The number of rotatable bonds is 4. The van der Waals surface area contributed by atoms with Crippen molar-refractivity contribution < 1.29 is 24.1 Å². The molecule has 24 heavy (non-hydrogen) atoms. The molecule has 3 N–H and O–H groups in total. The van der Waals surface area contributed by atoms with Crippen LogP contribution >= 0.6 is 0 Å². The number of anilines is 1. The molecule has 6 heteroatoms. The first-order chi connectivity index (χ1) is 11.2. The Morgan fingerprint density at radius 1 is 1.12 bits per heavy atom. The molecule has 0 heterocycles. The normalized spacial score (nSPS) is 11.2. The van der Waals surface area contributed by atoms with Crippen molar-refractivity contribution in [2.24, 2.45) is 0 Å². The summed E-state index contributed by atoms with van der Waals surface area (Å²) >= 11 is 0. The number of phenols is 2. The van der Waals surface area contributed by atoms with E-state index in [1.807, 2.05) is 0 Å². The minimum atomic E-state index is -0.657. The summed E-state index contributed by atoms with van der Waals surface area (Å²) < 4.78 is 18.4. The SMILES string of the molecule is CC(C)(C)OC(=O)c1ccc(NCc2cc(F)ccc2O)cc1O. The summed E-state index contributed by atoms with van der Waals surface area (Å²) in [5.41, 5.74) is 0.299. The minimum Gasteiger partial charge on any atom is -0.508 e. The van der Waals surface area contributed by atoms with Gasteiger partial charge in [-0.15, -0.1) is 0 Å². The second-order valence-electron chi connectivity index (χ2n) is 6.36. The Labute approximate surface area is 139 Å². The average Bonchev–Trinajstić information content (AvgIpc) is 2.46. The van der Waals surface area contributed by atoms with E-state index in [0.717, 1.165) is 0 Å². The Bertz CT molecular complexity index is 753. The summed E-state index contributed by atoms with van der Waals surface area (Å²) in [6.07, 6.45) is 0. The maximum Gasteiger partial charge on any atom is 0.342 e. The summed E-state index contributed by atoms with van der Waals surface area (Å²) in [6.45, 7) is 5.38. The Morgan fingerprint density at radius 3 is 2.46 bits per heavy atom. The van der Waals surface area contributed by atoms with Gasteiger partial charge >= 0.3 is 5.97 Å². The van der Waals surface area contributed by atoms with E-state index in [1.165, 1.54) is 30.3 Å². The van der Waals surface area contributed by atoms with Gasteiger partial charge in [-0.3, -0.25) is 0 Å². The molecule has 0 fully saturated rings. The van der Waals surface area contributed by atoms with Gasteiger partial charge in [-0.2, -0.15) is 0 Å². The van der Waals surface area contributed by atoms with E-state index in [1.54, 1.807) is 26.8 Å². The molecular weight excluding hydrogens is 313 g/mol. The lowest BCUT2D eigenvalue weighted by Gasteiger charge is -2.20. The largest absolute Gasteiger partial charge is 0.508 e. The Kier molecular flexibility index (Phi) is 4.97. The molecule has 0 spiro atoms. The molecule has 5 nitrogen and oxygen atoms in total. The molecule has 0 atom stereocenters. The summed E-state index contributed by atoms with van der Waals surface area (Å²) in [6, 6.07) is 8.06. The Morgan fingerprint density at radius 2 is 1.83 bits per heavy atom. The van der Waals surface area contributed by atoms with Gasteiger partial charge in [-0.25, -0.2) is 9.18 Å². The molecule has 128 valence electrons. The minimum absolute atomic E-state index is 0.0292.